The first-order valence-electron chi connectivity index (χ1n) is 27.7. The Kier molecular flexibility index (Phi) is 10.4. The molecule has 392 valence electrons. The van der Waals surface area contributed by atoms with Gasteiger partial charge in [0.25, 0.3) is 0 Å². The molecule has 73 heavy (non-hydrogen) atoms. The topological polar surface area (TPSA) is 219 Å². The average molecular weight is 1010 g/mol. The van der Waals surface area contributed by atoms with Crippen molar-refractivity contribution in [2.45, 2.75) is 141 Å². The van der Waals surface area contributed by atoms with Crippen molar-refractivity contribution in [1.82, 2.24) is 4.90 Å². The number of esters is 4. The molecule has 12 bridgehead atoms. The molecular weight excluding hydrogens is 939 g/mol. The third kappa shape index (κ3) is 6.47. The number of rotatable bonds is 13. The number of amides is 2. The van der Waals surface area contributed by atoms with Gasteiger partial charge in [-0.05, 0) is 196 Å². The van der Waals surface area contributed by atoms with Gasteiger partial charge in [-0.3, -0.25) is 38.5 Å². The van der Waals surface area contributed by atoms with Gasteiger partial charge in [-0.2, -0.15) is 0 Å². The number of hydrogen-bond acceptors (Lipinski definition) is 14. The van der Waals surface area contributed by atoms with Crippen molar-refractivity contribution in [2.75, 3.05) is 20.3 Å². The maximum absolute atomic E-state index is 14.4. The van der Waals surface area contributed by atoms with Crippen molar-refractivity contribution < 1.29 is 72.2 Å². The number of cyclic esters (lactones) is 2. The zero-order valence-corrected chi connectivity index (χ0v) is 42.6. The highest BCUT2D eigenvalue weighted by molar-refractivity contribution is 6.05. The number of ether oxygens (including phenoxy) is 6. The van der Waals surface area contributed by atoms with E-state index in [1.54, 1.807) is 6.92 Å². The van der Waals surface area contributed by atoms with Crippen LogP contribution in [0.15, 0.2) is 33.4 Å². The van der Waals surface area contributed by atoms with Crippen LogP contribution in [0.5, 0.6) is 0 Å². The summed E-state index contributed by atoms with van der Waals surface area (Å²) in [4.78, 5) is 95.2. The molecule has 2 N–H and O–H groups in total. The van der Waals surface area contributed by atoms with Crippen LogP contribution in [-0.2, 0) is 62.0 Å². The van der Waals surface area contributed by atoms with Gasteiger partial charge in [-0.15, -0.1) is 0 Å². The van der Waals surface area contributed by atoms with E-state index in [2.05, 4.69) is 6.92 Å². The zero-order valence-electron chi connectivity index (χ0n) is 42.6. The van der Waals surface area contributed by atoms with Gasteiger partial charge < -0.3 is 38.6 Å². The number of carbonyl (C=O) groups is 7. The van der Waals surface area contributed by atoms with E-state index in [4.69, 9.17) is 28.4 Å². The number of aliphatic hydroxyl groups is 1. The summed E-state index contributed by atoms with van der Waals surface area (Å²) in [5, 5.41) is 20.0. The van der Waals surface area contributed by atoms with Crippen molar-refractivity contribution in [1.29, 1.82) is 0 Å². The number of carboxylic acids is 1. The molecule has 25 atom stereocenters. The number of imide groups is 1. The lowest BCUT2D eigenvalue weighted by molar-refractivity contribution is -0.163. The van der Waals surface area contributed by atoms with Crippen molar-refractivity contribution in [3.63, 3.8) is 0 Å². The van der Waals surface area contributed by atoms with E-state index in [9.17, 15) is 43.8 Å². The Bertz CT molecular complexity index is 2640. The molecule has 0 radical (unpaired) electrons. The van der Waals surface area contributed by atoms with Crippen molar-refractivity contribution in [3.05, 3.63) is 33.4 Å². The van der Waals surface area contributed by atoms with Crippen LogP contribution < -0.4 is 0 Å². The molecule has 11 fully saturated rings. The van der Waals surface area contributed by atoms with Gasteiger partial charge in [0.2, 0.25) is 11.8 Å². The Morgan fingerprint density at radius 1 is 0.616 bits per heavy atom. The molecule has 14 aliphatic rings. The Morgan fingerprint density at radius 2 is 1.10 bits per heavy atom. The Hall–Kier alpha value is -4.25. The first kappa shape index (κ1) is 47.2. The normalized spacial score (nSPS) is 48.7. The third-order valence-electron chi connectivity index (χ3n) is 22.5. The molecule has 0 aromatic carbocycles. The summed E-state index contributed by atoms with van der Waals surface area (Å²) < 4.78 is 38.1. The van der Waals surface area contributed by atoms with Crippen LogP contribution in [0.25, 0.3) is 0 Å². The summed E-state index contributed by atoms with van der Waals surface area (Å²) in [6.45, 7) is 9.37. The number of aliphatic carboxylic acids is 1. The summed E-state index contributed by atoms with van der Waals surface area (Å²) in [7, 11) is 1.48. The fraction of sp³-hybridized carbons (Fsp3) is 0.772. The molecule has 5 saturated heterocycles. The van der Waals surface area contributed by atoms with E-state index in [0.29, 0.717) is 31.1 Å². The number of likely N-dealkylation sites (tertiary alicyclic amines) is 1. The second-order valence-electron chi connectivity index (χ2n) is 26.4. The summed E-state index contributed by atoms with van der Waals surface area (Å²) >= 11 is 0. The predicted octanol–water partition coefficient (Wildman–Crippen LogP) is 4.99. The molecule has 0 aromatic heterocycles. The number of aliphatic hydroxyl groups excluding tert-OH is 1. The van der Waals surface area contributed by atoms with Crippen molar-refractivity contribution in [2.24, 2.45) is 112 Å². The van der Waals surface area contributed by atoms with Crippen LogP contribution in [0.2, 0.25) is 0 Å². The number of nitrogens with zero attached hydrogens (tertiary/aromatic N) is 1. The number of hydrogen-bond donors (Lipinski definition) is 2. The van der Waals surface area contributed by atoms with Crippen molar-refractivity contribution >= 4 is 41.7 Å². The first-order valence-corrected chi connectivity index (χ1v) is 27.7. The molecule has 14 rings (SSSR count). The highest BCUT2D eigenvalue weighted by atomic mass is 16.6. The molecule has 6 aliphatic carbocycles. The molecular formula is C57H69NO15. The summed E-state index contributed by atoms with van der Waals surface area (Å²) in [6.07, 6.45) is 5.00. The molecule has 0 aromatic rings. The van der Waals surface area contributed by atoms with Crippen LogP contribution in [0.1, 0.15) is 98.8 Å². The smallest absolute Gasteiger partial charge is 0.317 e. The minimum Gasteiger partial charge on any atom is -0.481 e. The minimum atomic E-state index is -0.867. The monoisotopic (exact) mass is 1010 g/mol. The van der Waals surface area contributed by atoms with Crippen LogP contribution >= 0.6 is 0 Å². The lowest BCUT2D eigenvalue weighted by Crippen LogP contribution is -2.42. The molecule has 2 amide bonds. The Morgan fingerprint density at radius 3 is 1.66 bits per heavy atom. The molecule has 8 aliphatic heterocycles. The van der Waals surface area contributed by atoms with Crippen LogP contribution in [0, 0.1) is 112 Å². The average Bonchev–Trinajstić information content (AvgIpc) is 4.19. The van der Waals surface area contributed by atoms with Crippen LogP contribution in [0.3, 0.4) is 0 Å². The van der Waals surface area contributed by atoms with E-state index in [-0.39, 0.29) is 145 Å². The van der Waals surface area contributed by atoms with Crippen molar-refractivity contribution in [3.8, 4) is 0 Å². The SMILES string of the molecule is CC1=C(CC2=C(CC3=C(CC4C(=O)N(C)C(=O)C4CC4C(=O)OC(=O)C4C)C4OC3C3C5CC(C(=O)O)C(C5)C43)C3OC2C2C4CC(C(=O)OCCO)C(C4)C32)C2OC1C1C3CC(C(=O)OC(C)(C)C)C(C3)C21. The maximum atomic E-state index is 14.4. The number of fused-ring (bicyclic) bond motifs is 27. The maximum Gasteiger partial charge on any atom is 0.317 e. The number of carbonyl (C=O) groups excluding carboxylic acids is 6. The van der Waals surface area contributed by atoms with Gasteiger partial charge >= 0.3 is 29.8 Å². The van der Waals surface area contributed by atoms with Gasteiger partial charge in [0.15, 0.2) is 0 Å². The molecule has 8 heterocycles. The summed E-state index contributed by atoms with van der Waals surface area (Å²) in [5.74, 6) is -5.38. The van der Waals surface area contributed by atoms with E-state index < -0.39 is 65.1 Å². The second-order valence-corrected chi connectivity index (χ2v) is 26.4. The largest absolute Gasteiger partial charge is 0.481 e. The Labute approximate surface area is 424 Å². The predicted molar refractivity (Wildman–Crippen MR) is 251 cm³/mol. The van der Waals surface area contributed by atoms with Gasteiger partial charge in [-0.25, -0.2) is 0 Å². The summed E-state index contributed by atoms with van der Waals surface area (Å²) in [5.41, 5.74) is 6.51. The molecule has 0 spiro atoms. The quantitative estimate of drug-likeness (QED) is 0.0817. The first-order chi connectivity index (χ1) is 34.8. The standard InChI is InChI=1S/C57H69NO15/c1-19-24(45-42-28-10-22(38(42)44(19)69-45)14-37(28)56(67)73-57(3,4)5)15-29-31(48-43-27-11-23(40(43)46(29)70-48)13-36(27)54(65)68-8-7-59)17-30-32(49-41-26-9-21(12-35(26)52(62)63)39(41)47(30)71-49)18-34-33(50(60)58(6)51(34)61)16-25-20(2)53(64)72-55(25)66/h20-23,25-28,33-49,59H,7-18H2,1-6H3,(H,62,63). The minimum absolute atomic E-state index is 0.00181. The van der Waals surface area contributed by atoms with Gasteiger partial charge in [0.1, 0.15) is 12.2 Å². The van der Waals surface area contributed by atoms with E-state index >= 15 is 0 Å². The van der Waals surface area contributed by atoms with Gasteiger partial charge in [0.05, 0.1) is 84.7 Å². The Balaban J connectivity index is 0.847. The second kappa shape index (κ2) is 16.1. The lowest BCUT2D eigenvalue weighted by atomic mass is 9.61. The van der Waals surface area contributed by atoms with Crippen LogP contribution in [-0.4, -0.2) is 119 Å². The van der Waals surface area contributed by atoms with Gasteiger partial charge in [-0.1, -0.05) is 6.92 Å². The van der Waals surface area contributed by atoms with Crippen LogP contribution in [0.4, 0.5) is 0 Å². The third-order valence-corrected chi connectivity index (χ3v) is 22.5. The molecule has 16 nitrogen and oxygen atoms in total. The lowest BCUT2D eigenvalue weighted by Gasteiger charge is -2.40. The highest BCUT2D eigenvalue weighted by Crippen LogP contribution is 2.71. The number of carboxylic acid groups (broad SMARTS) is 1. The van der Waals surface area contributed by atoms with E-state index in [1.807, 2.05) is 20.8 Å². The fourth-order valence-corrected chi connectivity index (χ4v) is 20.0. The van der Waals surface area contributed by atoms with E-state index in [0.717, 1.165) is 48.2 Å². The van der Waals surface area contributed by atoms with Gasteiger partial charge in [0, 0.05) is 7.05 Å². The van der Waals surface area contributed by atoms with E-state index in [1.165, 1.54) is 29.3 Å². The molecule has 25 unspecified atom stereocenters. The highest BCUT2D eigenvalue weighted by Gasteiger charge is 2.71. The summed E-state index contributed by atoms with van der Waals surface area (Å²) in [6, 6.07) is 0. The molecule has 16 heteroatoms. The zero-order chi connectivity index (χ0) is 50.7. The fourth-order valence-electron chi connectivity index (χ4n) is 20.0. The molecule has 6 saturated carbocycles.